The van der Waals surface area contributed by atoms with Crippen LogP contribution in [0.3, 0.4) is 0 Å². The van der Waals surface area contributed by atoms with Crippen LogP contribution in [-0.2, 0) is 21.0 Å². The molecule has 3 rings (SSSR count). The average molecular weight is 578 g/mol. The van der Waals surface area contributed by atoms with Gasteiger partial charge in [0.2, 0.25) is 0 Å². The van der Waals surface area contributed by atoms with E-state index in [9.17, 15) is 26.4 Å². The first-order valence-electron chi connectivity index (χ1n) is 12.4. The summed E-state index contributed by atoms with van der Waals surface area (Å²) in [5, 5.41) is 3.88. The Hall–Kier alpha value is -4.06. The second-order valence-electron chi connectivity index (χ2n) is 8.65. The van der Waals surface area contributed by atoms with Gasteiger partial charge in [0, 0.05) is 0 Å². The van der Waals surface area contributed by atoms with Gasteiger partial charge in [-0.05, 0) is 74.4 Å². The van der Waals surface area contributed by atoms with Crippen LogP contribution in [-0.4, -0.2) is 40.3 Å². The highest BCUT2D eigenvalue weighted by Crippen LogP contribution is 2.33. The zero-order valence-electron chi connectivity index (χ0n) is 22.2. The SMILES string of the molecule is CCCOc1ccc(/C=N\NC(=O)CN(c2cccc(C(F)(F)F)c2)S(=O)(=O)c2ccc(C)cc2)cc1OCC. The zero-order chi connectivity index (χ0) is 29.3. The van der Waals surface area contributed by atoms with Crippen molar-refractivity contribution in [3.05, 3.63) is 83.4 Å². The topological polar surface area (TPSA) is 97.3 Å². The molecule has 1 N–H and O–H groups in total. The Morgan fingerprint density at radius 1 is 1.00 bits per heavy atom. The van der Waals surface area contributed by atoms with Gasteiger partial charge in [0.05, 0.1) is 35.6 Å². The number of carbonyl (C=O) groups is 1. The van der Waals surface area contributed by atoms with Gasteiger partial charge in [0.25, 0.3) is 15.9 Å². The summed E-state index contributed by atoms with van der Waals surface area (Å²) in [6.45, 7) is 5.66. The molecule has 0 spiro atoms. The maximum absolute atomic E-state index is 13.4. The van der Waals surface area contributed by atoms with Crippen molar-refractivity contribution in [2.75, 3.05) is 24.1 Å². The predicted octanol–water partition coefficient (Wildman–Crippen LogP) is 5.55. The van der Waals surface area contributed by atoms with Crippen LogP contribution in [0.2, 0.25) is 0 Å². The first-order valence-corrected chi connectivity index (χ1v) is 13.9. The fourth-order valence-electron chi connectivity index (χ4n) is 3.54. The lowest BCUT2D eigenvalue weighted by Crippen LogP contribution is -2.39. The number of hydrogen-bond donors (Lipinski definition) is 1. The third-order valence-electron chi connectivity index (χ3n) is 5.49. The number of aryl methyl sites for hydroxylation is 1. The number of rotatable bonds is 12. The van der Waals surface area contributed by atoms with Gasteiger partial charge >= 0.3 is 6.18 Å². The molecule has 0 aliphatic heterocycles. The van der Waals surface area contributed by atoms with E-state index in [2.05, 4.69) is 10.5 Å². The van der Waals surface area contributed by atoms with Crippen molar-refractivity contribution >= 4 is 27.8 Å². The van der Waals surface area contributed by atoms with Crippen LogP contribution in [0, 0.1) is 6.92 Å². The molecule has 0 aromatic heterocycles. The van der Waals surface area contributed by atoms with E-state index in [0.717, 1.165) is 24.1 Å². The Bertz CT molecular complexity index is 1440. The average Bonchev–Trinajstić information content (AvgIpc) is 2.91. The summed E-state index contributed by atoms with van der Waals surface area (Å²) in [5.74, 6) is 0.186. The van der Waals surface area contributed by atoms with Crippen LogP contribution in [0.25, 0.3) is 0 Å². The van der Waals surface area contributed by atoms with Gasteiger partial charge in [0.15, 0.2) is 11.5 Å². The molecular weight excluding hydrogens is 547 g/mol. The number of hydrogen-bond acceptors (Lipinski definition) is 6. The molecule has 40 heavy (non-hydrogen) atoms. The van der Waals surface area contributed by atoms with Gasteiger partial charge in [-0.25, -0.2) is 13.8 Å². The molecule has 0 unspecified atom stereocenters. The zero-order valence-corrected chi connectivity index (χ0v) is 23.1. The molecule has 1 amide bonds. The third-order valence-corrected chi connectivity index (χ3v) is 7.28. The van der Waals surface area contributed by atoms with E-state index < -0.39 is 34.2 Å². The van der Waals surface area contributed by atoms with Crippen LogP contribution in [0.4, 0.5) is 18.9 Å². The van der Waals surface area contributed by atoms with Crippen molar-refractivity contribution in [3.8, 4) is 11.5 Å². The van der Waals surface area contributed by atoms with Crippen LogP contribution in [0.15, 0.2) is 76.7 Å². The molecule has 0 radical (unpaired) electrons. The summed E-state index contributed by atoms with van der Waals surface area (Å²) in [6.07, 6.45) is -2.57. The molecule has 0 fully saturated rings. The highest BCUT2D eigenvalue weighted by atomic mass is 32.2. The number of ether oxygens (including phenoxy) is 2. The third kappa shape index (κ3) is 7.98. The van der Waals surface area contributed by atoms with Crippen molar-refractivity contribution in [1.82, 2.24) is 5.43 Å². The van der Waals surface area contributed by atoms with Crippen molar-refractivity contribution in [2.24, 2.45) is 5.10 Å². The molecule has 0 heterocycles. The number of benzene rings is 3. The Morgan fingerprint density at radius 3 is 2.38 bits per heavy atom. The standard InChI is InChI=1S/C28H30F3N3O5S/c1-4-15-39-25-14-11-21(16-26(25)38-5-2)18-32-33-27(35)19-34(23-8-6-7-22(17-23)28(29,30)31)40(36,37)24-12-9-20(3)10-13-24/h6-14,16-18H,4-5,15,19H2,1-3H3,(H,33,35)/b32-18-. The number of alkyl halides is 3. The Morgan fingerprint density at radius 2 is 1.73 bits per heavy atom. The number of halogens is 3. The lowest BCUT2D eigenvalue weighted by Gasteiger charge is -2.24. The van der Waals surface area contributed by atoms with Crippen molar-refractivity contribution in [2.45, 2.75) is 38.3 Å². The Kier molecular flexibility index (Phi) is 10.2. The van der Waals surface area contributed by atoms with Gasteiger partial charge < -0.3 is 9.47 Å². The molecule has 3 aromatic carbocycles. The van der Waals surface area contributed by atoms with E-state index in [1.54, 1.807) is 37.3 Å². The smallest absolute Gasteiger partial charge is 0.416 e. The highest BCUT2D eigenvalue weighted by Gasteiger charge is 2.33. The number of nitrogens with one attached hydrogen (secondary N) is 1. The Balaban J connectivity index is 1.85. The number of amides is 1. The quantitative estimate of drug-likeness (QED) is 0.225. The van der Waals surface area contributed by atoms with Gasteiger partial charge in [-0.3, -0.25) is 9.10 Å². The van der Waals surface area contributed by atoms with Crippen molar-refractivity contribution in [1.29, 1.82) is 0 Å². The van der Waals surface area contributed by atoms with Gasteiger partial charge in [-0.1, -0.05) is 30.7 Å². The molecule has 0 aliphatic rings. The second-order valence-corrected chi connectivity index (χ2v) is 10.5. The summed E-state index contributed by atoms with van der Waals surface area (Å²) in [4.78, 5) is 12.6. The van der Waals surface area contributed by atoms with Crippen LogP contribution >= 0.6 is 0 Å². The first-order chi connectivity index (χ1) is 19.0. The summed E-state index contributed by atoms with van der Waals surface area (Å²) in [6, 6.07) is 14.6. The van der Waals surface area contributed by atoms with Gasteiger partial charge in [-0.15, -0.1) is 0 Å². The van der Waals surface area contributed by atoms with Crippen LogP contribution < -0.4 is 19.2 Å². The molecule has 0 saturated heterocycles. The number of anilines is 1. The molecule has 0 saturated carbocycles. The Labute approximate surface area is 231 Å². The summed E-state index contributed by atoms with van der Waals surface area (Å²) in [7, 11) is -4.41. The largest absolute Gasteiger partial charge is 0.490 e. The van der Waals surface area contributed by atoms with Crippen LogP contribution in [0.5, 0.6) is 11.5 Å². The molecule has 3 aromatic rings. The van der Waals surface area contributed by atoms with Crippen molar-refractivity contribution in [3.63, 3.8) is 0 Å². The number of carbonyl (C=O) groups excluding carboxylic acids is 1. The van der Waals surface area contributed by atoms with E-state index >= 15 is 0 Å². The first kappa shape index (κ1) is 30.5. The lowest BCUT2D eigenvalue weighted by molar-refractivity contribution is -0.137. The van der Waals surface area contributed by atoms with E-state index in [1.807, 2.05) is 13.8 Å². The summed E-state index contributed by atoms with van der Waals surface area (Å²) < 4.78 is 78.8. The predicted molar refractivity (Wildman–Crippen MR) is 146 cm³/mol. The van der Waals surface area contributed by atoms with E-state index in [1.165, 1.54) is 24.4 Å². The van der Waals surface area contributed by atoms with E-state index in [-0.39, 0.29) is 10.6 Å². The summed E-state index contributed by atoms with van der Waals surface area (Å²) >= 11 is 0. The molecule has 8 nitrogen and oxygen atoms in total. The molecular formula is C28H30F3N3O5S. The number of nitrogens with zero attached hydrogens (tertiary/aromatic N) is 2. The minimum atomic E-state index is -4.71. The molecule has 0 bridgehead atoms. The minimum absolute atomic E-state index is 0.180. The van der Waals surface area contributed by atoms with Crippen molar-refractivity contribution < 1.29 is 35.9 Å². The van der Waals surface area contributed by atoms with Gasteiger partial charge in [-0.2, -0.15) is 18.3 Å². The fraction of sp³-hybridized carbons (Fsp3) is 0.286. The second kappa shape index (κ2) is 13.3. The fourth-order valence-corrected chi connectivity index (χ4v) is 4.95. The summed E-state index contributed by atoms with van der Waals surface area (Å²) in [5.41, 5.74) is 2.22. The monoisotopic (exact) mass is 577 g/mol. The lowest BCUT2D eigenvalue weighted by atomic mass is 10.2. The maximum atomic E-state index is 13.4. The minimum Gasteiger partial charge on any atom is -0.490 e. The highest BCUT2D eigenvalue weighted by molar-refractivity contribution is 7.92. The molecule has 0 aliphatic carbocycles. The van der Waals surface area contributed by atoms with E-state index in [0.29, 0.717) is 40.6 Å². The molecule has 12 heteroatoms. The maximum Gasteiger partial charge on any atom is 0.416 e. The number of sulfonamides is 1. The molecule has 214 valence electrons. The number of hydrazone groups is 1. The molecule has 0 atom stereocenters. The van der Waals surface area contributed by atoms with Gasteiger partial charge in [0.1, 0.15) is 6.54 Å². The van der Waals surface area contributed by atoms with Crippen LogP contribution in [0.1, 0.15) is 37.0 Å². The normalized spacial score (nSPS) is 11.8. The van der Waals surface area contributed by atoms with E-state index in [4.69, 9.17) is 9.47 Å².